The number of nitrogens with one attached hydrogen (secondary N) is 3. The first-order valence-corrected chi connectivity index (χ1v) is 11.3. The van der Waals surface area contributed by atoms with Gasteiger partial charge in [0.15, 0.2) is 0 Å². The van der Waals surface area contributed by atoms with Crippen LogP contribution in [0.5, 0.6) is 11.5 Å². The second-order valence-electron chi connectivity index (χ2n) is 8.16. The molecule has 0 fully saturated rings. The van der Waals surface area contributed by atoms with Gasteiger partial charge in [-0.3, -0.25) is 9.59 Å². The number of para-hydroxylation sites is 1. The van der Waals surface area contributed by atoms with Gasteiger partial charge in [-0.15, -0.1) is 0 Å². The Morgan fingerprint density at radius 3 is 1.94 bits per heavy atom. The molecule has 7 nitrogen and oxygen atoms in total. The van der Waals surface area contributed by atoms with Crippen LogP contribution in [0.4, 0.5) is 17.1 Å². The van der Waals surface area contributed by atoms with Gasteiger partial charge < -0.3 is 25.4 Å². The van der Waals surface area contributed by atoms with Gasteiger partial charge in [-0.1, -0.05) is 38.1 Å². The van der Waals surface area contributed by atoms with Gasteiger partial charge in [0.25, 0.3) is 0 Å². The highest BCUT2D eigenvalue weighted by molar-refractivity contribution is 5.94. The molecule has 7 heteroatoms. The largest absolute Gasteiger partial charge is 0.490 e. The van der Waals surface area contributed by atoms with Gasteiger partial charge in [-0.2, -0.15) is 0 Å². The van der Waals surface area contributed by atoms with E-state index in [0.29, 0.717) is 42.7 Å². The van der Waals surface area contributed by atoms with Crippen molar-refractivity contribution in [3.05, 3.63) is 78.9 Å². The van der Waals surface area contributed by atoms with Crippen LogP contribution in [-0.2, 0) is 9.59 Å². The Morgan fingerprint density at radius 2 is 1.29 bits per heavy atom. The van der Waals surface area contributed by atoms with Gasteiger partial charge in [-0.05, 0) is 54.4 Å². The van der Waals surface area contributed by atoms with Crippen LogP contribution in [0.1, 0.15) is 20.3 Å². The monoisotopic (exact) mass is 461 g/mol. The van der Waals surface area contributed by atoms with Gasteiger partial charge in [0.1, 0.15) is 24.7 Å². The molecule has 0 radical (unpaired) electrons. The van der Waals surface area contributed by atoms with E-state index in [9.17, 15) is 9.59 Å². The van der Waals surface area contributed by atoms with Crippen LogP contribution in [0, 0.1) is 5.92 Å². The highest BCUT2D eigenvalue weighted by Crippen LogP contribution is 2.18. The number of hydrogen-bond acceptors (Lipinski definition) is 5. The molecule has 0 saturated carbocycles. The maximum absolute atomic E-state index is 12.3. The fourth-order valence-electron chi connectivity index (χ4n) is 3.14. The van der Waals surface area contributed by atoms with Gasteiger partial charge >= 0.3 is 0 Å². The zero-order valence-electron chi connectivity index (χ0n) is 19.5. The number of amides is 2. The lowest BCUT2D eigenvalue weighted by Crippen LogP contribution is -2.21. The first-order valence-electron chi connectivity index (χ1n) is 11.3. The summed E-state index contributed by atoms with van der Waals surface area (Å²) in [5.74, 6) is 1.59. The lowest BCUT2D eigenvalue weighted by atomic mass is 10.1. The molecule has 178 valence electrons. The summed E-state index contributed by atoms with van der Waals surface area (Å²) in [6, 6.07) is 24.1. The maximum Gasteiger partial charge on any atom is 0.243 e. The molecule has 0 saturated heterocycles. The minimum Gasteiger partial charge on any atom is -0.490 e. The summed E-state index contributed by atoms with van der Waals surface area (Å²) in [5.41, 5.74) is 2.14. The minimum atomic E-state index is -0.181. The van der Waals surface area contributed by atoms with E-state index >= 15 is 0 Å². The van der Waals surface area contributed by atoms with Crippen LogP contribution in [-0.4, -0.2) is 31.6 Å². The van der Waals surface area contributed by atoms with Crippen LogP contribution in [0.15, 0.2) is 78.9 Å². The topological polar surface area (TPSA) is 88.7 Å². The zero-order valence-corrected chi connectivity index (χ0v) is 19.5. The molecule has 0 bridgehead atoms. The Hall–Kier alpha value is -4.00. The van der Waals surface area contributed by atoms with Crippen molar-refractivity contribution in [3.63, 3.8) is 0 Å². The summed E-state index contributed by atoms with van der Waals surface area (Å²) in [4.78, 5) is 24.2. The Balaban J connectivity index is 1.39. The average Bonchev–Trinajstić information content (AvgIpc) is 2.82. The molecule has 0 aromatic heterocycles. The molecule has 3 aromatic carbocycles. The molecule has 3 N–H and O–H groups in total. The molecular formula is C27H31N3O4. The van der Waals surface area contributed by atoms with Crippen molar-refractivity contribution in [2.24, 2.45) is 5.92 Å². The minimum absolute atomic E-state index is 0.0223. The lowest BCUT2D eigenvalue weighted by Gasteiger charge is -2.11. The Bertz CT molecular complexity index is 1050. The molecular weight excluding hydrogens is 430 g/mol. The molecule has 0 heterocycles. The molecule has 0 atom stereocenters. The van der Waals surface area contributed by atoms with E-state index < -0.39 is 0 Å². The number of ether oxygens (including phenoxy) is 2. The third-order valence-electron chi connectivity index (χ3n) is 4.70. The molecule has 0 unspecified atom stereocenters. The van der Waals surface area contributed by atoms with Crippen molar-refractivity contribution in [1.29, 1.82) is 0 Å². The van der Waals surface area contributed by atoms with Crippen LogP contribution in [0.2, 0.25) is 0 Å². The van der Waals surface area contributed by atoms with Crippen molar-refractivity contribution in [3.8, 4) is 11.5 Å². The fraction of sp³-hybridized carbons (Fsp3) is 0.259. The van der Waals surface area contributed by atoms with Gasteiger partial charge in [-0.25, -0.2) is 0 Å². The first-order chi connectivity index (χ1) is 16.5. The third kappa shape index (κ3) is 8.86. The van der Waals surface area contributed by atoms with Crippen molar-refractivity contribution in [1.82, 2.24) is 0 Å². The number of carbonyl (C=O) groups is 2. The predicted molar refractivity (Wildman–Crippen MR) is 136 cm³/mol. The van der Waals surface area contributed by atoms with Crippen LogP contribution >= 0.6 is 0 Å². The standard InChI is InChI=1S/C27H31N3O4/c1-20(2)17-26(31)29-21-11-13-22(14-12-21)30-27(32)19-28-23-7-6-10-25(18-23)34-16-15-33-24-8-4-3-5-9-24/h3-14,18,20,28H,15-17,19H2,1-2H3,(H,29,31)(H,30,32). The Morgan fingerprint density at radius 1 is 0.706 bits per heavy atom. The van der Waals surface area contributed by atoms with Crippen molar-refractivity contribution < 1.29 is 19.1 Å². The third-order valence-corrected chi connectivity index (χ3v) is 4.70. The number of carbonyl (C=O) groups excluding carboxylic acids is 2. The highest BCUT2D eigenvalue weighted by atomic mass is 16.5. The van der Waals surface area contributed by atoms with E-state index in [0.717, 1.165) is 11.4 Å². The van der Waals surface area contributed by atoms with E-state index in [1.807, 2.05) is 68.4 Å². The van der Waals surface area contributed by atoms with Crippen molar-refractivity contribution in [2.75, 3.05) is 35.7 Å². The summed E-state index contributed by atoms with van der Waals surface area (Å²) >= 11 is 0. The molecule has 0 aliphatic heterocycles. The van der Waals surface area contributed by atoms with Gasteiger partial charge in [0, 0.05) is 29.5 Å². The lowest BCUT2D eigenvalue weighted by molar-refractivity contribution is -0.117. The van der Waals surface area contributed by atoms with Crippen molar-refractivity contribution >= 4 is 28.9 Å². The highest BCUT2D eigenvalue weighted by Gasteiger charge is 2.07. The Labute approximate surface area is 200 Å². The zero-order chi connectivity index (χ0) is 24.2. The fourth-order valence-corrected chi connectivity index (χ4v) is 3.14. The van der Waals surface area contributed by atoms with Gasteiger partial charge in [0.05, 0.1) is 6.54 Å². The normalized spacial score (nSPS) is 10.4. The summed E-state index contributed by atoms with van der Waals surface area (Å²) in [5, 5.41) is 8.78. The van der Waals surface area contributed by atoms with Crippen LogP contribution in [0.3, 0.4) is 0 Å². The summed E-state index contributed by atoms with van der Waals surface area (Å²) in [6.45, 7) is 4.94. The maximum atomic E-state index is 12.3. The molecule has 3 aromatic rings. The first kappa shape index (κ1) is 24.6. The summed E-state index contributed by atoms with van der Waals surface area (Å²) in [7, 11) is 0. The second kappa shape index (κ2) is 12.9. The molecule has 0 spiro atoms. The number of anilines is 3. The second-order valence-corrected chi connectivity index (χ2v) is 8.16. The molecule has 0 aliphatic rings. The van der Waals surface area contributed by atoms with E-state index in [-0.39, 0.29) is 18.4 Å². The average molecular weight is 462 g/mol. The van der Waals surface area contributed by atoms with Crippen LogP contribution < -0.4 is 25.4 Å². The van der Waals surface area contributed by atoms with E-state index in [1.165, 1.54) is 0 Å². The van der Waals surface area contributed by atoms with E-state index in [1.54, 1.807) is 24.3 Å². The van der Waals surface area contributed by atoms with E-state index in [2.05, 4.69) is 16.0 Å². The van der Waals surface area contributed by atoms with Crippen LogP contribution in [0.25, 0.3) is 0 Å². The SMILES string of the molecule is CC(C)CC(=O)Nc1ccc(NC(=O)CNc2cccc(OCCOc3ccccc3)c2)cc1. The number of hydrogen-bond donors (Lipinski definition) is 3. The number of benzene rings is 3. The van der Waals surface area contributed by atoms with E-state index in [4.69, 9.17) is 9.47 Å². The number of rotatable bonds is 12. The Kier molecular flexibility index (Phi) is 9.34. The van der Waals surface area contributed by atoms with Crippen molar-refractivity contribution in [2.45, 2.75) is 20.3 Å². The molecule has 3 rings (SSSR count). The van der Waals surface area contributed by atoms with Gasteiger partial charge in [0.2, 0.25) is 11.8 Å². The quantitative estimate of drug-likeness (QED) is 0.324. The smallest absolute Gasteiger partial charge is 0.243 e. The predicted octanol–water partition coefficient (Wildman–Crippen LogP) is 5.18. The summed E-state index contributed by atoms with van der Waals surface area (Å²) < 4.78 is 11.4. The molecule has 0 aliphatic carbocycles. The summed E-state index contributed by atoms with van der Waals surface area (Å²) in [6.07, 6.45) is 0.470. The molecule has 2 amide bonds. The molecule has 34 heavy (non-hydrogen) atoms.